The molecule has 3 nitrogen and oxygen atoms in total. The van der Waals surface area contributed by atoms with Crippen LogP contribution in [0.25, 0.3) is 0 Å². The van der Waals surface area contributed by atoms with E-state index in [4.69, 9.17) is 5.11 Å². The van der Waals surface area contributed by atoms with Crippen molar-refractivity contribution in [1.29, 1.82) is 0 Å². The SMILES string of the molecule is O=c1occcc1O.[Cr]. The van der Waals surface area contributed by atoms with Gasteiger partial charge in [0.1, 0.15) is 0 Å². The second kappa shape index (κ2) is 3.34. The van der Waals surface area contributed by atoms with E-state index in [0.717, 1.165) is 0 Å². The standard InChI is InChI=1S/C5H4O3.Cr/c6-4-2-1-3-8-5(4)7;/h1-3,6H;. The Bertz CT molecular complexity index is 230. The van der Waals surface area contributed by atoms with Gasteiger partial charge in [0.2, 0.25) is 5.75 Å². The van der Waals surface area contributed by atoms with Crippen molar-refractivity contribution in [3.8, 4) is 5.75 Å². The number of hydrogen-bond donors (Lipinski definition) is 1. The minimum atomic E-state index is -0.701. The van der Waals surface area contributed by atoms with Crippen molar-refractivity contribution in [2.75, 3.05) is 0 Å². The van der Waals surface area contributed by atoms with Gasteiger partial charge in [-0.1, -0.05) is 0 Å². The van der Waals surface area contributed by atoms with E-state index >= 15 is 0 Å². The molecule has 0 bridgehead atoms. The predicted octanol–water partition coefficient (Wildman–Crippen LogP) is 0.343. The van der Waals surface area contributed by atoms with E-state index in [2.05, 4.69) is 4.42 Å². The van der Waals surface area contributed by atoms with Gasteiger partial charge in [0.05, 0.1) is 6.26 Å². The topological polar surface area (TPSA) is 50.4 Å². The Morgan fingerprint density at radius 2 is 2.22 bits per heavy atom. The molecule has 0 radical (unpaired) electrons. The largest absolute Gasteiger partial charge is 0.502 e. The van der Waals surface area contributed by atoms with Gasteiger partial charge in [-0.25, -0.2) is 4.79 Å². The molecule has 48 valence electrons. The molecule has 4 heteroatoms. The summed E-state index contributed by atoms with van der Waals surface area (Å²) in [4.78, 5) is 10.2. The molecule has 0 unspecified atom stereocenters. The first-order valence-electron chi connectivity index (χ1n) is 2.07. The number of hydrogen-bond acceptors (Lipinski definition) is 3. The molecule has 0 aliphatic carbocycles. The molecule has 0 saturated heterocycles. The van der Waals surface area contributed by atoms with E-state index in [1.807, 2.05) is 0 Å². The second-order valence-electron chi connectivity index (χ2n) is 1.29. The van der Waals surface area contributed by atoms with Gasteiger partial charge in [0.25, 0.3) is 0 Å². The van der Waals surface area contributed by atoms with Crippen LogP contribution in [0.2, 0.25) is 0 Å². The second-order valence-corrected chi connectivity index (χ2v) is 1.29. The molecule has 0 aliphatic heterocycles. The molecular weight excluding hydrogens is 160 g/mol. The van der Waals surface area contributed by atoms with Gasteiger partial charge >= 0.3 is 5.63 Å². The van der Waals surface area contributed by atoms with Crippen LogP contribution in [-0.4, -0.2) is 5.11 Å². The van der Waals surface area contributed by atoms with Crippen molar-refractivity contribution in [2.45, 2.75) is 0 Å². The van der Waals surface area contributed by atoms with E-state index in [9.17, 15) is 4.79 Å². The molecule has 0 amide bonds. The van der Waals surface area contributed by atoms with E-state index in [-0.39, 0.29) is 23.1 Å². The molecule has 1 aromatic rings. The third-order valence-corrected chi connectivity index (χ3v) is 0.717. The van der Waals surface area contributed by atoms with E-state index in [0.29, 0.717) is 0 Å². The molecule has 1 heterocycles. The minimum absolute atomic E-state index is 0. The molecule has 0 fully saturated rings. The Kier molecular flexibility index (Phi) is 3.07. The summed E-state index contributed by atoms with van der Waals surface area (Å²) in [6, 6.07) is 2.71. The maximum Gasteiger partial charge on any atom is 0.378 e. The van der Waals surface area contributed by atoms with Gasteiger partial charge in [-0.3, -0.25) is 0 Å². The molecule has 1 aromatic heterocycles. The fourth-order valence-electron chi connectivity index (χ4n) is 0.360. The third kappa shape index (κ3) is 1.92. The smallest absolute Gasteiger partial charge is 0.378 e. The Morgan fingerprint density at radius 1 is 1.56 bits per heavy atom. The molecule has 9 heavy (non-hydrogen) atoms. The van der Waals surface area contributed by atoms with Crippen LogP contribution in [0.4, 0.5) is 0 Å². The van der Waals surface area contributed by atoms with Gasteiger partial charge in [0, 0.05) is 17.4 Å². The average molecular weight is 164 g/mol. The van der Waals surface area contributed by atoms with Crippen LogP contribution in [-0.2, 0) is 17.4 Å². The Labute approximate surface area is 62.1 Å². The summed E-state index contributed by atoms with van der Waals surface area (Å²) in [7, 11) is 0. The molecule has 0 spiro atoms. The van der Waals surface area contributed by atoms with Crippen LogP contribution in [0, 0.1) is 0 Å². The summed E-state index contributed by atoms with van der Waals surface area (Å²) in [5.74, 6) is -0.354. The van der Waals surface area contributed by atoms with Crippen LogP contribution in [0.5, 0.6) is 5.75 Å². The maximum absolute atomic E-state index is 10.2. The van der Waals surface area contributed by atoms with Crippen molar-refractivity contribution in [3.05, 3.63) is 28.8 Å². The molecule has 0 aromatic carbocycles. The third-order valence-electron chi connectivity index (χ3n) is 0.717. The van der Waals surface area contributed by atoms with Crippen LogP contribution >= 0.6 is 0 Å². The summed E-state index contributed by atoms with van der Waals surface area (Å²) in [5.41, 5.74) is -0.701. The first-order chi connectivity index (χ1) is 3.80. The zero-order valence-electron chi connectivity index (χ0n) is 4.40. The monoisotopic (exact) mass is 164 g/mol. The van der Waals surface area contributed by atoms with Crippen LogP contribution < -0.4 is 5.63 Å². The molecule has 1 rings (SSSR count). The first-order valence-corrected chi connectivity index (χ1v) is 2.07. The van der Waals surface area contributed by atoms with Gasteiger partial charge < -0.3 is 9.52 Å². The summed E-state index contributed by atoms with van der Waals surface area (Å²) in [5, 5.41) is 8.51. The van der Waals surface area contributed by atoms with Crippen LogP contribution in [0.1, 0.15) is 0 Å². The van der Waals surface area contributed by atoms with Crippen molar-refractivity contribution >= 4 is 0 Å². The average Bonchev–Trinajstić information content (AvgIpc) is 1.77. The molecule has 1 N–H and O–H groups in total. The van der Waals surface area contributed by atoms with E-state index < -0.39 is 5.63 Å². The van der Waals surface area contributed by atoms with Gasteiger partial charge in [-0.2, -0.15) is 0 Å². The van der Waals surface area contributed by atoms with Gasteiger partial charge in [-0.15, -0.1) is 0 Å². The Hall–Kier alpha value is -0.718. The predicted molar refractivity (Wildman–Crippen MR) is 26.6 cm³/mol. The maximum atomic E-state index is 10.2. The zero-order chi connectivity index (χ0) is 5.98. The van der Waals surface area contributed by atoms with Crippen LogP contribution in [0.3, 0.4) is 0 Å². The normalized spacial score (nSPS) is 8.00. The van der Waals surface area contributed by atoms with Gasteiger partial charge in [0.15, 0.2) is 0 Å². The van der Waals surface area contributed by atoms with Gasteiger partial charge in [-0.05, 0) is 12.1 Å². The zero-order valence-corrected chi connectivity index (χ0v) is 5.68. The molecule has 0 aliphatic rings. The quantitative estimate of drug-likeness (QED) is 0.601. The van der Waals surface area contributed by atoms with Crippen molar-refractivity contribution < 1.29 is 26.9 Å². The molecule has 0 atom stereocenters. The van der Waals surface area contributed by atoms with Crippen molar-refractivity contribution in [3.63, 3.8) is 0 Å². The van der Waals surface area contributed by atoms with Crippen molar-refractivity contribution in [1.82, 2.24) is 0 Å². The Balaban J connectivity index is 0.000000640. The molecular formula is C5H4CrO3. The van der Waals surface area contributed by atoms with Crippen LogP contribution in [0.15, 0.2) is 27.6 Å². The van der Waals surface area contributed by atoms with E-state index in [1.165, 1.54) is 18.4 Å². The summed E-state index contributed by atoms with van der Waals surface area (Å²) in [6.45, 7) is 0. The fourth-order valence-corrected chi connectivity index (χ4v) is 0.360. The fraction of sp³-hybridized carbons (Fsp3) is 0. The summed E-state index contributed by atoms with van der Waals surface area (Å²) in [6.07, 6.45) is 1.21. The number of aromatic hydroxyl groups is 1. The van der Waals surface area contributed by atoms with Crippen molar-refractivity contribution in [2.24, 2.45) is 0 Å². The first kappa shape index (κ1) is 8.28. The minimum Gasteiger partial charge on any atom is -0.502 e. The summed E-state index contributed by atoms with van der Waals surface area (Å²) < 4.78 is 4.25. The summed E-state index contributed by atoms with van der Waals surface area (Å²) >= 11 is 0. The van der Waals surface area contributed by atoms with E-state index in [1.54, 1.807) is 0 Å². The molecule has 0 saturated carbocycles. The number of rotatable bonds is 0. The Morgan fingerprint density at radius 3 is 2.56 bits per heavy atom.